The lowest BCUT2D eigenvalue weighted by molar-refractivity contribution is -0.384. The summed E-state index contributed by atoms with van der Waals surface area (Å²) in [7, 11) is -3.65. The molecule has 4 rings (SSSR count). The minimum atomic E-state index is -3.65. The molecule has 0 bridgehead atoms. The standard InChI is InChI=1S/C20H19N5O7S/c26-20(15-7-10-24(11-8-15)33(29,30)17-2-1-9-21-12-17)31-13-18-22-23-19(32-18)14-3-5-16(6-4-14)25(27)28/h1-6,9,12,15H,7-8,10-11,13H2. The van der Waals surface area contributed by atoms with Crippen molar-refractivity contribution >= 4 is 21.7 Å². The Labute approximate surface area is 188 Å². The van der Waals surface area contributed by atoms with Gasteiger partial charge in [-0.05, 0) is 37.1 Å². The molecule has 0 unspecified atom stereocenters. The molecule has 1 fully saturated rings. The summed E-state index contributed by atoms with van der Waals surface area (Å²) in [5, 5.41) is 18.4. The van der Waals surface area contributed by atoms with Crippen LogP contribution in [-0.4, -0.2) is 51.9 Å². The summed E-state index contributed by atoms with van der Waals surface area (Å²) in [6.07, 6.45) is 3.46. The minimum Gasteiger partial charge on any atom is -0.455 e. The molecule has 2 aromatic heterocycles. The first-order valence-corrected chi connectivity index (χ1v) is 11.4. The molecular weight excluding hydrogens is 454 g/mol. The van der Waals surface area contributed by atoms with Crippen LogP contribution in [0.2, 0.25) is 0 Å². The number of nitro groups is 1. The van der Waals surface area contributed by atoms with Crippen molar-refractivity contribution in [1.82, 2.24) is 19.5 Å². The van der Waals surface area contributed by atoms with E-state index in [9.17, 15) is 23.3 Å². The number of nitrogens with zero attached hydrogens (tertiary/aromatic N) is 5. The van der Waals surface area contributed by atoms with Crippen LogP contribution in [0, 0.1) is 16.0 Å². The number of esters is 1. The second kappa shape index (κ2) is 9.42. The summed E-state index contributed by atoms with van der Waals surface area (Å²) in [6, 6.07) is 8.64. The minimum absolute atomic E-state index is 0.0632. The number of ether oxygens (including phenoxy) is 1. The van der Waals surface area contributed by atoms with Crippen LogP contribution in [0.3, 0.4) is 0 Å². The number of aromatic nitrogens is 3. The Balaban J connectivity index is 1.29. The summed E-state index contributed by atoms with van der Waals surface area (Å²) in [4.78, 5) is 26.6. The van der Waals surface area contributed by atoms with Crippen LogP contribution in [0.4, 0.5) is 5.69 Å². The summed E-state index contributed by atoms with van der Waals surface area (Å²) >= 11 is 0. The normalized spacial score (nSPS) is 15.3. The number of rotatable bonds is 7. The van der Waals surface area contributed by atoms with Gasteiger partial charge in [-0.1, -0.05) is 0 Å². The first kappa shape index (κ1) is 22.5. The third-order valence-electron chi connectivity index (χ3n) is 5.19. The molecule has 0 atom stereocenters. The molecule has 1 aromatic carbocycles. The van der Waals surface area contributed by atoms with Crippen LogP contribution in [0.25, 0.3) is 11.5 Å². The molecule has 12 nitrogen and oxygen atoms in total. The summed E-state index contributed by atoms with van der Waals surface area (Å²) in [5.41, 5.74) is 0.430. The van der Waals surface area contributed by atoms with E-state index >= 15 is 0 Å². The lowest BCUT2D eigenvalue weighted by Gasteiger charge is -2.29. The molecule has 0 amide bonds. The van der Waals surface area contributed by atoms with Crippen LogP contribution in [0.1, 0.15) is 18.7 Å². The number of non-ortho nitro benzene ring substituents is 1. The van der Waals surface area contributed by atoms with Crippen molar-refractivity contribution < 1.29 is 27.3 Å². The lowest BCUT2D eigenvalue weighted by atomic mass is 9.98. The van der Waals surface area contributed by atoms with E-state index < -0.39 is 26.8 Å². The van der Waals surface area contributed by atoms with Crippen molar-refractivity contribution in [2.45, 2.75) is 24.3 Å². The summed E-state index contributed by atoms with van der Waals surface area (Å²) < 4.78 is 37.4. The third-order valence-corrected chi connectivity index (χ3v) is 7.07. The zero-order valence-electron chi connectivity index (χ0n) is 17.2. The fourth-order valence-corrected chi connectivity index (χ4v) is 4.82. The van der Waals surface area contributed by atoms with Gasteiger partial charge in [0.05, 0.1) is 10.8 Å². The molecule has 1 saturated heterocycles. The molecule has 0 radical (unpaired) electrons. The fourth-order valence-electron chi connectivity index (χ4n) is 3.39. The zero-order valence-corrected chi connectivity index (χ0v) is 18.1. The average molecular weight is 473 g/mol. The van der Waals surface area contributed by atoms with Crippen LogP contribution in [0.5, 0.6) is 0 Å². The Morgan fingerprint density at radius 2 is 1.91 bits per heavy atom. The molecule has 33 heavy (non-hydrogen) atoms. The van der Waals surface area contributed by atoms with Gasteiger partial charge in [0.1, 0.15) is 4.90 Å². The van der Waals surface area contributed by atoms with E-state index in [1.807, 2.05) is 0 Å². The Hall–Kier alpha value is -3.71. The number of sulfonamides is 1. The molecule has 0 N–H and O–H groups in total. The van der Waals surface area contributed by atoms with Gasteiger partial charge >= 0.3 is 5.97 Å². The monoisotopic (exact) mass is 473 g/mol. The second-order valence-electron chi connectivity index (χ2n) is 7.28. The Morgan fingerprint density at radius 1 is 1.18 bits per heavy atom. The molecule has 172 valence electrons. The Bertz CT molecular complexity index is 1240. The number of carbonyl (C=O) groups excluding carboxylic acids is 1. The van der Waals surface area contributed by atoms with Gasteiger partial charge in [-0.15, -0.1) is 10.2 Å². The van der Waals surface area contributed by atoms with E-state index in [1.54, 1.807) is 6.07 Å². The predicted molar refractivity (Wildman–Crippen MR) is 112 cm³/mol. The quantitative estimate of drug-likeness (QED) is 0.283. The van der Waals surface area contributed by atoms with Crippen LogP contribution in [-0.2, 0) is 26.2 Å². The molecule has 13 heteroatoms. The number of hydrogen-bond acceptors (Lipinski definition) is 10. The van der Waals surface area contributed by atoms with Gasteiger partial charge < -0.3 is 9.15 Å². The van der Waals surface area contributed by atoms with Crippen LogP contribution >= 0.6 is 0 Å². The highest BCUT2D eigenvalue weighted by atomic mass is 32.2. The molecule has 3 heterocycles. The Kier molecular flexibility index (Phi) is 6.42. The highest BCUT2D eigenvalue weighted by Gasteiger charge is 2.33. The van der Waals surface area contributed by atoms with Gasteiger partial charge in [-0.25, -0.2) is 8.42 Å². The van der Waals surface area contributed by atoms with E-state index in [2.05, 4.69) is 15.2 Å². The van der Waals surface area contributed by atoms with Gasteiger partial charge in [0.25, 0.3) is 11.6 Å². The molecular formula is C20H19N5O7S. The summed E-state index contributed by atoms with van der Waals surface area (Å²) in [6.45, 7) is 0.163. The van der Waals surface area contributed by atoms with E-state index in [0.29, 0.717) is 18.4 Å². The zero-order chi connectivity index (χ0) is 23.4. The second-order valence-corrected chi connectivity index (χ2v) is 9.22. The third kappa shape index (κ3) is 5.04. The van der Waals surface area contributed by atoms with Crippen molar-refractivity contribution in [3.8, 4) is 11.5 Å². The molecule has 3 aromatic rings. The molecule has 0 spiro atoms. The number of hydrogen-bond donors (Lipinski definition) is 0. The van der Waals surface area contributed by atoms with Gasteiger partial charge in [0.15, 0.2) is 6.61 Å². The molecule has 0 saturated carbocycles. The summed E-state index contributed by atoms with van der Waals surface area (Å²) in [5.74, 6) is -0.691. The molecule has 1 aliphatic rings. The van der Waals surface area contributed by atoms with Gasteiger partial charge in [0.2, 0.25) is 15.9 Å². The Morgan fingerprint density at radius 3 is 2.55 bits per heavy atom. The number of nitro benzene ring substituents is 1. The lowest BCUT2D eigenvalue weighted by Crippen LogP contribution is -2.40. The highest BCUT2D eigenvalue weighted by Crippen LogP contribution is 2.25. The van der Waals surface area contributed by atoms with Gasteiger partial charge in [-0.2, -0.15) is 4.31 Å². The molecule has 1 aliphatic heterocycles. The van der Waals surface area contributed by atoms with E-state index in [0.717, 1.165) is 0 Å². The maximum Gasteiger partial charge on any atom is 0.309 e. The van der Waals surface area contributed by atoms with Crippen molar-refractivity contribution in [3.63, 3.8) is 0 Å². The number of piperidine rings is 1. The smallest absolute Gasteiger partial charge is 0.309 e. The van der Waals surface area contributed by atoms with Crippen molar-refractivity contribution in [3.05, 3.63) is 64.8 Å². The fraction of sp³-hybridized carbons (Fsp3) is 0.300. The van der Waals surface area contributed by atoms with E-state index in [1.165, 1.54) is 47.0 Å². The maximum absolute atomic E-state index is 12.7. The average Bonchev–Trinajstić information content (AvgIpc) is 3.32. The van der Waals surface area contributed by atoms with Gasteiger partial charge in [0, 0.05) is 43.2 Å². The number of benzene rings is 1. The van der Waals surface area contributed by atoms with Crippen molar-refractivity contribution in [1.29, 1.82) is 0 Å². The van der Waals surface area contributed by atoms with Crippen molar-refractivity contribution in [2.75, 3.05) is 13.1 Å². The van der Waals surface area contributed by atoms with E-state index in [-0.39, 0.29) is 42.1 Å². The van der Waals surface area contributed by atoms with Crippen LogP contribution in [0.15, 0.2) is 58.1 Å². The largest absolute Gasteiger partial charge is 0.455 e. The first-order valence-electron chi connectivity index (χ1n) is 9.98. The van der Waals surface area contributed by atoms with Gasteiger partial charge in [-0.3, -0.25) is 19.9 Å². The first-order chi connectivity index (χ1) is 15.8. The SMILES string of the molecule is O=C(OCc1nnc(-c2ccc([N+](=O)[O-])cc2)o1)C1CCN(S(=O)(=O)c2cccnc2)CC1. The topological polar surface area (TPSA) is 159 Å². The van der Waals surface area contributed by atoms with Crippen LogP contribution < -0.4 is 0 Å². The predicted octanol–water partition coefficient (Wildman–Crippen LogP) is 2.18. The van der Waals surface area contributed by atoms with E-state index in [4.69, 9.17) is 9.15 Å². The number of carbonyl (C=O) groups is 1. The highest BCUT2D eigenvalue weighted by molar-refractivity contribution is 7.89. The van der Waals surface area contributed by atoms with Crippen molar-refractivity contribution in [2.24, 2.45) is 5.92 Å². The molecule has 0 aliphatic carbocycles. The number of pyridine rings is 1. The maximum atomic E-state index is 12.7.